The van der Waals surface area contributed by atoms with Gasteiger partial charge in [-0.05, 0) is 32.8 Å². The number of hydrogen-bond acceptors (Lipinski definition) is 4. The Morgan fingerprint density at radius 3 is 3.04 bits per heavy atom. The first-order chi connectivity index (χ1) is 11.0. The molecule has 1 aliphatic heterocycles. The number of nitrogens with one attached hydrogen (secondary N) is 1. The highest BCUT2D eigenvalue weighted by Crippen LogP contribution is 2.20. The summed E-state index contributed by atoms with van der Waals surface area (Å²) in [6.45, 7) is 5.69. The third-order valence-electron chi connectivity index (χ3n) is 4.24. The predicted molar refractivity (Wildman–Crippen MR) is 86.6 cm³/mol. The predicted octanol–water partition coefficient (Wildman–Crippen LogP) is 1.21. The summed E-state index contributed by atoms with van der Waals surface area (Å²) in [5, 5.41) is 3.04. The van der Waals surface area contributed by atoms with Crippen LogP contribution < -0.4 is 5.56 Å². The molecule has 0 spiro atoms. The van der Waals surface area contributed by atoms with Crippen molar-refractivity contribution in [1.29, 1.82) is 0 Å². The van der Waals surface area contributed by atoms with Crippen LogP contribution in [0.1, 0.15) is 35.8 Å². The third kappa shape index (κ3) is 2.88. The Kier molecular flexibility index (Phi) is 4.21. The first kappa shape index (κ1) is 15.7. The minimum Gasteiger partial charge on any atom is -0.377 e. The molecule has 2 aromatic rings. The molecule has 124 valence electrons. The number of H-pyrrole nitrogens is 1. The number of ether oxygens (including phenoxy) is 1. The van der Waals surface area contributed by atoms with Crippen LogP contribution in [0.5, 0.6) is 0 Å². The van der Waals surface area contributed by atoms with E-state index in [1.807, 2.05) is 13.8 Å². The Bertz CT molecular complexity index is 790. The number of aryl methyl sites for hydroxylation is 2. The maximum absolute atomic E-state index is 13.0. The molecule has 0 bridgehead atoms. The van der Waals surface area contributed by atoms with Gasteiger partial charge in [-0.2, -0.15) is 0 Å². The summed E-state index contributed by atoms with van der Waals surface area (Å²) in [7, 11) is 1.72. The number of nitrogens with zero attached hydrogens (tertiary/aromatic N) is 3. The summed E-state index contributed by atoms with van der Waals surface area (Å²) in [5.74, 6) is -0.124. The lowest BCUT2D eigenvalue weighted by molar-refractivity contribution is 0.00731. The van der Waals surface area contributed by atoms with Crippen LogP contribution in [0.15, 0.2) is 10.9 Å². The van der Waals surface area contributed by atoms with E-state index in [-0.39, 0.29) is 17.6 Å². The average Bonchev–Trinajstić information content (AvgIpc) is 2.81. The fraction of sp³-hybridized carbons (Fsp3) is 0.562. The van der Waals surface area contributed by atoms with Crippen LogP contribution in [0.3, 0.4) is 0 Å². The van der Waals surface area contributed by atoms with E-state index >= 15 is 0 Å². The molecule has 23 heavy (non-hydrogen) atoms. The van der Waals surface area contributed by atoms with Gasteiger partial charge < -0.3 is 9.64 Å². The Morgan fingerprint density at radius 1 is 1.52 bits per heavy atom. The van der Waals surface area contributed by atoms with Crippen molar-refractivity contribution >= 4 is 16.9 Å². The monoisotopic (exact) mass is 318 g/mol. The molecule has 1 N–H and O–H groups in total. The summed E-state index contributed by atoms with van der Waals surface area (Å²) in [4.78, 5) is 31.3. The number of aromatic amines is 1. The van der Waals surface area contributed by atoms with Gasteiger partial charge in [-0.25, -0.2) is 4.98 Å². The molecule has 3 rings (SSSR count). The smallest absolute Gasteiger partial charge is 0.274 e. The quantitative estimate of drug-likeness (QED) is 0.922. The maximum atomic E-state index is 13.0. The lowest BCUT2D eigenvalue weighted by Crippen LogP contribution is -2.43. The fourth-order valence-electron chi connectivity index (χ4n) is 3.22. The van der Waals surface area contributed by atoms with E-state index < -0.39 is 0 Å². The van der Waals surface area contributed by atoms with Crippen molar-refractivity contribution in [1.82, 2.24) is 19.7 Å². The van der Waals surface area contributed by atoms with Gasteiger partial charge in [-0.15, -0.1) is 0 Å². The second-order valence-electron chi connectivity index (χ2n) is 5.98. The van der Waals surface area contributed by atoms with Crippen molar-refractivity contribution in [2.75, 3.05) is 19.7 Å². The summed E-state index contributed by atoms with van der Waals surface area (Å²) in [5.41, 5.74) is 1.37. The van der Waals surface area contributed by atoms with Crippen LogP contribution in [-0.4, -0.2) is 51.4 Å². The van der Waals surface area contributed by atoms with E-state index in [1.54, 1.807) is 22.7 Å². The molecule has 3 heterocycles. The van der Waals surface area contributed by atoms with Crippen molar-refractivity contribution in [3.05, 3.63) is 27.7 Å². The van der Waals surface area contributed by atoms with E-state index in [0.29, 0.717) is 42.0 Å². The molecule has 1 amide bonds. The highest BCUT2D eigenvalue weighted by molar-refractivity contribution is 6.05. The average molecular weight is 318 g/mol. The first-order valence-electron chi connectivity index (χ1n) is 7.98. The molecule has 7 heteroatoms. The highest BCUT2D eigenvalue weighted by atomic mass is 16.5. The minimum atomic E-state index is -0.281. The van der Waals surface area contributed by atoms with Crippen molar-refractivity contribution in [2.45, 2.75) is 32.8 Å². The summed E-state index contributed by atoms with van der Waals surface area (Å²) >= 11 is 0. The van der Waals surface area contributed by atoms with Gasteiger partial charge in [-0.1, -0.05) is 0 Å². The fourth-order valence-corrected chi connectivity index (χ4v) is 3.22. The van der Waals surface area contributed by atoms with E-state index in [0.717, 1.165) is 12.8 Å². The molecule has 0 saturated carbocycles. The number of carbonyl (C=O) groups is 1. The summed E-state index contributed by atoms with van der Waals surface area (Å²) in [6, 6.07) is 1.70. The van der Waals surface area contributed by atoms with E-state index in [1.165, 1.54) is 0 Å². The molecule has 0 radical (unpaired) electrons. The van der Waals surface area contributed by atoms with Crippen LogP contribution in [-0.2, 0) is 11.8 Å². The minimum absolute atomic E-state index is 0.0742. The number of amides is 1. The van der Waals surface area contributed by atoms with E-state index in [9.17, 15) is 9.59 Å². The van der Waals surface area contributed by atoms with Gasteiger partial charge in [0.15, 0.2) is 5.65 Å². The standard InChI is InChI=1S/C16H22N4O3/c1-4-23-11-6-5-7-20(9-11)16(22)12-8-10(2)17-14-13(12)15(21)18-19(14)3/h8,11H,4-7,9H2,1-3H3,(H,18,21)/t11-/m1/s1. The SMILES string of the molecule is CCO[C@@H]1CCCN(C(=O)c2cc(C)nc3c2c(=O)[nH]n3C)C1. The lowest BCUT2D eigenvalue weighted by atomic mass is 10.1. The number of likely N-dealkylation sites (tertiary alicyclic amines) is 1. The number of pyridine rings is 1. The second kappa shape index (κ2) is 6.16. The molecule has 1 fully saturated rings. The van der Waals surface area contributed by atoms with Gasteiger partial charge in [0, 0.05) is 32.4 Å². The zero-order valence-electron chi connectivity index (χ0n) is 13.8. The number of rotatable bonds is 3. The number of aromatic nitrogens is 3. The second-order valence-corrected chi connectivity index (χ2v) is 5.98. The van der Waals surface area contributed by atoms with Crippen LogP contribution in [0.4, 0.5) is 0 Å². The molecular formula is C16H22N4O3. The Hall–Kier alpha value is -2.15. The molecule has 1 atom stereocenters. The van der Waals surface area contributed by atoms with Gasteiger partial charge in [0.05, 0.1) is 17.1 Å². The maximum Gasteiger partial charge on any atom is 0.274 e. The topological polar surface area (TPSA) is 80.2 Å². The Balaban J connectivity index is 1.99. The summed E-state index contributed by atoms with van der Waals surface area (Å²) < 4.78 is 7.22. The third-order valence-corrected chi connectivity index (χ3v) is 4.24. The molecule has 0 aliphatic carbocycles. The Morgan fingerprint density at radius 2 is 2.30 bits per heavy atom. The van der Waals surface area contributed by atoms with Crippen LogP contribution >= 0.6 is 0 Å². The normalized spacial score (nSPS) is 18.6. The number of fused-ring (bicyclic) bond motifs is 1. The first-order valence-corrected chi connectivity index (χ1v) is 7.98. The molecule has 7 nitrogen and oxygen atoms in total. The molecular weight excluding hydrogens is 296 g/mol. The Labute approximate surface area is 134 Å². The summed E-state index contributed by atoms with van der Waals surface area (Å²) in [6.07, 6.45) is 1.95. The van der Waals surface area contributed by atoms with Crippen molar-refractivity contribution in [3.8, 4) is 0 Å². The number of piperidine rings is 1. The van der Waals surface area contributed by atoms with E-state index in [4.69, 9.17) is 4.74 Å². The molecule has 2 aromatic heterocycles. The van der Waals surface area contributed by atoms with Gasteiger partial charge >= 0.3 is 0 Å². The van der Waals surface area contributed by atoms with Crippen LogP contribution in [0, 0.1) is 6.92 Å². The number of hydrogen-bond donors (Lipinski definition) is 1. The van der Waals surface area contributed by atoms with Gasteiger partial charge in [0.1, 0.15) is 0 Å². The zero-order valence-corrected chi connectivity index (χ0v) is 13.8. The highest BCUT2D eigenvalue weighted by Gasteiger charge is 2.27. The van der Waals surface area contributed by atoms with Crippen molar-refractivity contribution < 1.29 is 9.53 Å². The largest absolute Gasteiger partial charge is 0.377 e. The number of carbonyl (C=O) groups excluding carboxylic acids is 1. The molecule has 0 aromatic carbocycles. The van der Waals surface area contributed by atoms with Gasteiger partial charge in [0.25, 0.3) is 11.5 Å². The van der Waals surface area contributed by atoms with Crippen LogP contribution in [0.25, 0.3) is 11.0 Å². The molecule has 1 aliphatic rings. The van der Waals surface area contributed by atoms with Crippen molar-refractivity contribution in [3.63, 3.8) is 0 Å². The van der Waals surface area contributed by atoms with E-state index in [2.05, 4.69) is 10.1 Å². The molecule has 1 saturated heterocycles. The van der Waals surface area contributed by atoms with Gasteiger partial charge in [-0.3, -0.25) is 19.4 Å². The van der Waals surface area contributed by atoms with Gasteiger partial charge in [0.2, 0.25) is 0 Å². The zero-order chi connectivity index (χ0) is 16.6. The lowest BCUT2D eigenvalue weighted by Gasteiger charge is -2.32. The van der Waals surface area contributed by atoms with Crippen LogP contribution in [0.2, 0.25) is 0 Å². The molecule has 0 unspecified atom stereocenters. The van der Waals surface area contributed by atoms with Crippen molar-refractivity contribution in [2.24, 2.45) is 7.05 Å².